The molecule has 1 aliphatic heterocycles. The van der Waals surface area contributed by atoms with Gasteiger partial charge in [0.1, 0.15) is 0 Å². The minimum absolute atomic E-state index is 0.0396. The summed E-state index contributed by atoms with van der Waals surface area (Å²) >= 11 is 6.00. The second kappa shape index (κ2) is 6.41. The molecule has 1 amide bonds. The van der Waals surface area contributed by atoms with Crippen molar-refractivity contribution in [2.24, 2.45) is 0 Å². The molecule has 0 atom stereocenters. The Hall–Kier alpha value is -2.53. The molecule has 25 heavy (non-hydrogen) atoms. The molecule has 0 aliphatic carbocycles. The van der Waals surface area contributed by atoms with Gasteiger partial charge in [-0.05, 0) is 35.7 Å². The monoisotopic (exact) mass is 356 g/mol. The minimum Gasteiger partial charge on any atom is -0.408 e. The summed E-state index contributed by atoms with van der Waals surface area (Å²) in [6.45, 7) is 1.62. The van der Waals surface area contributed by atoms with Gasteiger partial charge in [-0.3, -0.25) is 9.36 Å². The maximum absolute atomic E-state index is 12.6. The predicted molar refractivity (Wildman–Crippen MR) is 95.7 cm³/mol. The lowest BCUT2D eigenvalue weighted by Gasteiger charge is -2.29. The van der Waals surface area contributed by atoms with Crippen molar-refractivity contribution < 1.29 is 9.21 Å². The van der Waals surface area contributed by atoms with Crippen LogP contribution in [0.15, 0.2) is 51.7 Å². The van der Waals surface area contributed by atoms with Crippen molar-refractivity contribution in [1.29, 1.82) is 0 Å². The number of amides is 1. The molecule has 2 heterocycles. The molecule has 1 aliphatic rings. The standard InChI is InChI=1S/C19H17ClN2O3/c20-15-5-6-17-16(11-15)22(19(24)25-17)10-8-18(23)21-9-7-13-3-1-2-4-14(13)12-21/h1-6,11H,7-10,12H2. The molecular weight excluding hydrogens is 340 g/mol. The third-order valence-electron chi connectivity index (χ3n) is 4.66. The van der Waals surface area contributed by atoms with E-state index in [-0.39, 0.29) is 18.9 Å². The van der Waals surface area contributed by atoms with E-state index in [9.17, 15) is 9.59 Å². The number of benzene rings is 2. The molecule has 128 valence electrons. The number of fused-ring (bicyclic) bond motifs is 2. The quantitative estimate of drug-likeness (QED) is 0.724. The minimum atomic E-state index is -0.464. The lowest BCUT2D eigenvalue weighted by atomic mass is 10.00. The Morgan fingerprint density at radius 1 is 1.16 bits per heavy atom. The third-order valence-corrected chi connectivity index (χ3v) is 4.90. The van der Waals surface area contributed by atoms with E-state index in [1.165, 1.54) is 15.7 Å². The highest BCUT2D eigenvalue weighted by Crippen LogP contribution is 2.21. The van der Waals surface area contributed by atoms with Crippen molar-refractivity contribution in [3.05, 3.63) is 69.2 Å². The number of carbonyl (C=O) groups excluding carboxylic acids is 1. The molecule has 1 aromatic heterocycles. The number of rotatable bonds is 3. The molecule has 0 N–H and O–H groups in total. The van der Waals surface area contributed by atoms with E-state index in [1.54, 1.807) is 18.2 Å². The number of aryl methyl sites for hydroxylation is 1. The Morgan fingerprint density at radius 3 is 2.80 bits per heavy atom. The summed E-state index contributed by atoms with van der Waals surface area (Å²) in [5, 5.41) is 0.529. The van der Waals surface area contributed by atoms with E-state index < -0.39 is 5.76 Å². The molecule has 3 aromatic rings. The van der Waals surface area contributed by atoms with Crippen LogP contribution in [-0.2, 0) is 24.3 Å². The van der Waals surface area contributed by atoms with Gasteiger partial charge in [-0.25, -0.2) is 4.79 Å². The van der Waals surface area contributed by atoms with Crippen molar-refractivity contribution in [3.8, 4) is 0 Å². The van der Waals surface area contributed by atoms with E-state index in [2.05, 4.69) is 12.1 Å². The van der Waals surface area contributed by atoms with Crippen molar-refractivity contribution >= 4 is 28.6 Å². The van der Waals surface area contributed by atoms with Crippen LogP contribution in [0.2, 0.25) is 5.02 Å². The van der Waals surface area contributed by atoms with Gasteiger partial charge in [0, 0.05) is 31.1 Å². The first kappa shape index (κ1) is 16.0. The fourth-order valence-electron chi connectivity index (χ4n) is 3.32. The Balaban J connectivity index is 1.49. The summed E-state index contributed by atoms with van der Waals surface area (Å²) < 4.78 is 6.67. The second-order valence-corrected chi connectivity index (χ2v) is 6.65. The van der Waals surface area contributed by atoms with Gasteiger partial charge in [-0.2, -0.15) is 0 Å². The fourth-order valence-corrected chi connectivity index (χ4v) is 3.49. The molecule has 4 rings (SSSR count). The molecule has 0 spiro atoms. The average Bonchev–Trinajstić information content (AvgIpc) is 2.93. The van der Waals surface area contributed by atoms with Crippen LogP contribution in [0.1, 0.15) is 17.5 Å². The van der Waals surface area contributed by atoms with Crippen LogP contribution in [0.3, 0.4) is 0 Å². The first-order valence-corrected chi connectivity index (χ1v) is 8.63. The number of halogens is 1. The highest BCUT2D eigenvalue weighted by atomic mass is 35.5. The second-order valence-electron chi connectivity index (χ2n) is 6.22. The summed E-state index contributed by atoms with van der Waals surface area (Å²) in [5.74, 6) is -0.424. The zero-order valence-electron chi connectivity index (χ0n) is 13.6. The Labute approximate surface area is 149 Å². The number of nitrogens with zero attached hydrogens (tertiary/aromatic N) is 2. The summed E-state index contributed by atoms with van der Waals surface area (Å²) in [5.41, 5.74) is 3.60. The predicted octanol–water partition coefficient (Wildman–Crippen LogP) is 3.22. The van der Waals surface area contributed by atoms with Crippen LogP contribution in [0.25, 0.3) is 11.1 Å². The normalized spacial score (nSPS) is 13.9. The first-order valence-electron chi connectivity index (χ1n) is 8.25. The van der Waals surface area contributed by atoms with Crippen molar-refractivity contribution in [2.45, 2.75) is 25.9 Å². The highest BCUT2D eigenvalue weighted by Gasteiger charge is 2.21. The zero-order chi connectivity index (χ0) is 17.4. The van der Waals surface area contributed by atoms with Crippen LogP contribution < -0.4 is 5.76 Å². The number of aromatic nitrogens is 1. The zero-order valence-corrected chi connectivity index (χ0v) is 14.3. The highest BCUT2D eigenvalue weighted by molar-refractivity contribution is 6.31. The molecule has 5 nitrogen and oxygen atoms in total. The SMILES string of the molecule is O=C(CCn1c(=O)oc2ccc(Cl)cc21)N1CCc2ccccc2C1. The van der Waals surface area contributed by atoms with E-state index in [0.717, 1.165) is 6.42 Å². The summed E-state index contributed by atoms with van der Waals surface area (Å²) in [6, 6.07) is 13.2. The summed E-state index contributed by atoms with van der Waals surface area (Å²) in [4.78, 5) is 26.5. The van der Waals surface area contributed by atoms with Gasteiger partial charge in [0.25, 0.3) is 0 Å². The van der Waals surface area contributed by atoms with Crippen LogP contribution in [0, 0.1) is 0 Å². The maximum Gasteiger partial charge on any atom is 0.419 e. The van der Waals surface area contributed by atoms with Gasteiger partial charge in [0.05, 0.1) is 5.52 Å². The van der Waals surface area contributed by atoms with Crippen LogP contribution in [0.5, 0.6) is 0 Å². The van der Waals surface area contributed by atoms with E-state index in [4.69, 9.17) is 16.0 Å². The van der Waals surface area contributed by atoms with Gasteiger partial charge in [0.15, 0.2) is 5.58 Å². The number of carbonyl (C=O) groups is 1. The van der Waals surface area contributed by atoms with Gasteiger partial charge < -0.3 is 9.32 Å². The fraction of sp³-hybridized carbons (Fsp3) is 0.263. The molecule has 0 radical (unpaired) electrons. The first-order chi connectivity index (χ1) is 12.1. The Bertz CT molecular complexity index is 1010. The average molecular weight is 357 g/mol. The molecule has 0 saturated carbocycles. The van der Waals surface area contributed by atoms with Crippen LogP contribution >= 0.6 is 11.6 Å². The molecule has 0 unspecified atom stereocenters. The lowest BCUT2D eigenvalue weighted by molar-refractivity contribution is -0.132. The Kier molecular flexibility index (Phi) is 4.09. The lowest BCUT2D eigenvalue weighted by Crippen LogP contribution is -2.36. The number of hydrogen-bond acceptors (Lipinski definition) is 3. The molecule has 2 aromatic carbocycles. The smallest absolute Gasteiger partial charge is 0.408 e. The van der Waals surface area contributed by atoms with E-state index in [1.807, 2.05) is 17.0 Å². The molecule has 0 saturated heterocycles. The van der Waals surface area contributed by atoms with Crippen LogP contribution in [-0.4, -0.2) is 21.9 Å². The summed E-state index contributed by atoms with van der Waals surface area (Å²) in [6.07, 6.45) is 1.12. The third kappa shape index (κ3) is 3.07. The van der Waals surface area contributed by atoms with Gasteiger partial charge in [-0.1, -0.05) is 35.9 Å². The largest absolute Gasteiger partial charge is 0.419 e. The van der Waals surface area contributed by atoms with Gasteiger partial charge in [0.2, 0.25) is 5.91 Å². The van der Waals surface area contributed by atoms with Crippen molar-refractivity contribution in [3.63, 3.8) is 0 Å². The summed E-state index contributed by atoms with van der Waals surface area (Å²) in [7, 11) is 0. The van der Waals surface area contributed by atoms with Crippen molar-refractivity contribution in [2.75, 3.05) is 6.54 Å². The molecule has 0 bridgehead atoms. The number of oxazole rings is 1. The topological polar surface area (TPSA) is 55.5 Å². The maximum atomic E-state index is 12.6. The Morgan fingerprint density at radius 2 is 1.96 bits per heavy atom. The number of hydrogen-bond donors (Lipinski definition) is 0. The van der Waals surface area contributed by atoms with E-state index in [0.29, 0.717) is 29.2 Å². The molecule has 6 heteroatoms. The van der Waals surface area contributed by atoms with Crippen LogP contribution in [0.4, 0.5) is 0 Å². The molecular formula is C19H17ClN2O3. The van der Waals surface area contributed by atoms with Gasteiger partial charge >= 0.3 is 5.76 Å². The van der Waals surface area contributed by atoms with E-state index >= 15 is 0 Å². The van der Waals surface area contributed by atoms with Crippen molar-refractivity contribution in [1.82, 2.24) is 9.47 Å². The molecule has 0 fully saturated rings. The van der Waals surface area contributed by atoms with Gasteiger partial charge in [-0.15, -0.1) is 0 Å².